The Kier molecular flexibility index (Phi) is 4.43. The van der Waals surface area contributed by atoms with Crippen molar-refractivity contribution in [2.45, 2.75) is 20.4 Å². The summed E-state index contributed by atoms with van der Waals surface area (Å²) in [6.07, 6.45) is 1.61. The van der Waals surface area contributed by atoms with E-state index in [4.69, 9.17) is 10.2 Å². The average Bonchev–Trinajstić information content (AvgIpc) is 3.15. The van der Waals surface area contributed by atoms with Gasteiger partial charge < -0.3 is 15.5 Å². The number of aromatic nitrogens is 1. The molecule has 0 fully saturated rings. The van der Waals surface area contributed by atoms with Gasteiger partial charge >= 0.3 is 0 Å². The zero-order valence-electron chi connectivity index (χ0n) is 13.0. The summed E-state index contributed by atoms with van der Waals surface area (Å²) in [5, 5.41) is 5.09. The number of hydrogen-bond acceptors (Lipinski definition) is 4. The van der Waals surface area contributed by atoms with Gasteiger partial charge in [0, 0.05) is 5.69 Å². The summed E-state index contributed by atoms with van der Waals surface area (Å²) in [6.45, 7) is 4.47. The third-order valence-corrected chi connectivity index (χ3v) is 4.05. The Morgan fingerprint density at radius 2 is 2.09 bits per heavy atom. The second-order valence-electron chi connectivity index (χ2n) is 5.32. The minimum Gasteiger partial charge on any atom is -0.443 e. The normalized spacial score (nSPS) is 11.7. The van der Waals surface area contributed by atoms with E-state index in [-0.39, 0.29) is 0 Å². The lowest BCUT2D eigenvalue weighted by Crippen LogP contribution is -2.22. The Balaban J connectivity index is 1.65. The second-order valence-corrected chi connectivity index (χ2v) is 6.27. The quantitative estimate of drug-likeness (QED) is 0.562. The number of benzene rings is 1. The highest BCUT2D eigenvalue weighted by Gasteiger charge is 2.07. The molecule has 0 atom stereocenters. The van der Waals surface area contributed by atoms with E-state index in [1.165, 1.54) is 11.1 Å². The maximum atomic E-state index is 5.94. The molecule has 3 aromatic rings. The zero-order valence-corrected chi connectivity index (χ0v) is 13.9. The highest BCUT2D eigenvalue weighted by atomic mass is 32.1. The van der Waals surface area contributed by atoms with Crippen molar-refractivity contribution in [3.05, 3.63) is 58.8 Å². The number of aryl methyl sites for hydroxylation is 2. The van der Waals surface area contributed by atoms with Gasteiger partial charge in [0.2, 0.25) is 5.89 Å². The van der Waals surface area contributed by atoms with Crippen molar-refractivity contribution < 1.29 is 4.42 Å². The second kappa shape index (κ2) is 6.66. The number of guanidine groups is 1. The third kappa shape index (κ3) is 3.98. The number of nitrogens with zero attached hydrogens (tertiary/aromatic N) is 2. The molecular formula is C17H18N4OS. The first-order valence-electron chi connectivity index (χ1n) is 7.23. The number of nitrogens with two attached hydrogens (primary N) is 1. The molecule has 3 N–H and O–H groups in total. The molecule has 0 unspecified atom stereocenters. The molecule has 6 heteroatoms. The largest absolute Gasteiger partial charge is 0.443 e. The molecule has 0 saturated carbocycles. The summed E-state index contributed by atoms with van der Waals surface area (Å²) in [5.74, 6) is 0.974. The number of thiophene rings is 1. The summed E-state index contributed by atoms with van der Waals surface area (Å²) in [7, 11) is 0. The monoisotopic (exact) mass is 326 g/mol. The molecule has 3 rings (SSSR count). The number of oxazole rings is 1. The first-order chi connectivity index (χ1) is 11.1. The van der Waals surface area contributed by atoms with Gasteiger partial charge in [-0.3, -0.25) is 0 Å². The molecule has 0 spiro atoms. The Hall–Kier alpha value is -2.60. The van der Waals surface area contributed by atoms with E-state index < -0.39 is 0 Å². The van der Waals surface area contributed by atoms with Crippen LogP contribution >= 0.6 is 11.3 Å². The lowest BCUT2D eigenvalue weighted by Gasteiger charge is -2.07. The van der Waals surface area contributed by atoms with Gasteiger partial charge in [-0.25, -0.2) is 9.98 Å². The van der Waals surface area contributed by atoms with Crippen LogP contribution in [0.1, 0.15) is 16.8 Å². The molecule has 118 valence electrons. The fourth-order valence-corrected chi connectivity index (χ4v) is 2.95. The van der Waals surface area contributed by atoms with Crippen LogP contribution in [0.5, 0.6) is 0 Å². The Labute approximate surface area is 138 Å². The maximum Gasteiger partial charge on any atom is 0.236 e. The molecule has 1 aromatic carbocycles. The molecule has 0 aliphatic rings. The number of aliphatic imine (C=N–C) groups is 1. The van der Waals surface area contributed by atoms with Crippen molar-refractivity contribution in [2.24, 2.45) is 10.7 Å². The van der Waals surface area contributed by atoms with Crippen LogP contribution in [0.2, 0.25) is 0 Å². The van der Waals surface area contributed by atoms with Gasteiger partial charge in [-0.1, -0.05) is 12.1 Å². The van der Waals surface area contributed by atoms with Gasteiger partial charge in [-0.2, -0.15) is 0 Å². The Bertz CT molecular complexity index is 801. The predicted octanol–water partition coefficient (Wildman–Crippen LogP) is 3.95. The van der Waals surface area contributed by atoms with Crippen LogP contribution in [-0.2, 0) is 6.54 Å². The average molecular weight is 326 g/mol. The van der Waals surface area contributed by atoms with Crippen molar-refractivity contribution in [3.8, 4) is 10.8 Å². The van der Waals surface area contributed by atoms with Crippen LogP contribution in [0.15, 0.2) is 51.4 Å². The van der Waals surface area contributed by atoms with Gasteiger partial charge in [-0.15, -0.1) is 11.3 Å². The summed E-state index contributed by atoms with van der Waals surface area (Å²) in [5.41, 5.74) is 9.98. The van der Waals surface area contributed by atoms with Crippen LogP contribution in [-0.4, -0.2) is 10.9 Å². The van der Waals surface area contributed by atoms with Crippen LogP contribution in [0, 0.1) is 13.8 Å². The summed E-state index contributed by atoms with van der Waals surface area (Å²) < 4.78 is 5.46. The van der Waals surface area contributed by atoms with E-state index in [9.17, 15) is 0 Å². The fraction of sp³-hybridized carbons (Fsp3) is 0.176. The molecule has 23 heavy (non-hydrogen) atoms. The minimum atomic E-state index is 0.357. The zero-order chi connectivity index (χ0) is 16.2. The molecule has 0 aliphatic carbocycles. The van der Waals surface area contributed by atoms with E-state index >= 15 is 0 Å². The molecule has 0 amide bonds. The van der Waals surface area contributed by atoms with Gasteiger partial charge in [0.25, 0.3) is 0 Å². The lowest BCUT2D eigenvalue weighted by atomic mass is 10.1. The number of hydrogen-bond donors (Lipinski definition) is 2. The molecule has 2 aromatic heterocycles. The summed E-state index contributed by atoms with van der Waals surface area (Å²) in [6, 6.07) is 10.1. The van der Waals surface area contributed by atoms with Crippen molar-refractivity contribution in [1.82, 2.24) is 4.98 Å². The predicted molar refractivity (Wildman–Crippen MR) is 94.7 cm³/mol. The molecule has 5 nitrogen and oxygen atoms in total. The Morgan fingerprint density at radius 1 is 1.30 bits per heavy atom. The lowest BCUT2D eigenvalue weighted by molar-refractivity contribution is 0.574. The van der Waals surface area contributed by atoms with Gasteiger partial charge in [0.1, 0.15) is 12.0 Å². The number of nitrogens with one attached hydrogen (secondary N) is 1. The first-order valence-corrected chi connectivity index (χ1v) is 8.11. The van der Waals surface area contributed by atoms with Crippen LogP contribution < -0.4 is 11.1 Å². The fourth-order valence-electron chi connectivity index (χ4n) is 2.29. The topological polar surface area (TPSA) is 76.4 Å². The minimum absolute atomic E-state index is 0.357. The standard InChI is InChI=1S/C17H18N4OS/c1-11-6-12(2)8-13(7-11)21-17(18)19-9-14-10-22-16(20-14)15-4-3-5-23-15/h3-8,10H,9H2,1-2H3,(H3,18,19,21). The highest BCUT2D eigenvalue weighted by Crippen LogP contribution is 2.23. The van der Waals surface area contributed by atoms with Crippen LogP contribution in [0.25, 0.3) is 10.8 Å². The Morgan fingerprint density at radius 3 is 2.78 bits per heavy atom. The van der Waals surface area contributed by atoms with E-state index in [1.54, 1.807) is 17.6 Å². The van der Waals surface area contributed by atoms with Crippen LogP contribution in [0.3, 0.4) is 0 Å². The molecule has 0 radical (unpaired) electrons. The SMILES string of the molecule is Cc1cc(C)cc(NC(N)=NCc2coc(-c3cccs3)n2)c1. The smallest absolute Gasteiger partial charge is 0.236 e. The van der Waals surface area contributed by atoms with E-state index in [2.05, 4.69) is 21.4 Å². The summed E-state index contributed by atoms with van der Waals surface area (Å²) >= 11 is 1.59. The van der Waals surface area contributed by atoms with E-state index in [1.807, 2.05) is 43.5 Å². The first kappa shape index (κ1) is 15.3. The number of anilines is 1. The summed E-state index contributed by atoms with van der Waals surface area (Å²) in [4.78, 5) is 9.72. The van der Waals surface area contributed by atoms with Gasteiger partial charge in [-0.05, 0) is 48.6 Å². The van der Waals surface area contributed by atoms with Crippen LogP contribution in [0.4, 0.5) is 5.69 Å². The van der Waals surface area contributed by atoms with Crippen molar-refractivity contribution in [2.75, 3.05) is 5.32 Å². The molecule has 2 heterocycles. The van der Waals surface area contributed by atoms with Crippen molar-refractivity contribution >= 4 is 23.0 Å². The van der Waals surface area contributed by atoms with Gasteiger partial charge in [0.05, 0.1) is 11.4 Å². The van der Waals surface area contributed by atoms with Crippen molar-refractivity contribution in [3.63, 3.8) is 0 Å². The van der Waals surface area contributed by atoms with E-state index in [0.29, 0.717) is 18.4 Å². The molecule has 0 saturated heterocycles. The highest BCUT2D eigenvalue weighted by molar-refractivity contribution is 7.13. The molecule has 0 aliphatic heterocycles. The van der Waals surface area contributed by atoms with E-state index in [0.717, 1.165) is 16.3 Å². The maximum absolute atomic E-state index is 5.94. The molecule has 0 bridgehead atoms. The number of rotatable bonds is 4. The molecular weight excluding hydrogens is 308 g/mol. The van der Waals surface area contributed by atoms with Crippen molar-refractivity contribution in [1.29, 1.82) is 0 Å². The van der Waals surface area contributed by atoms with Gasteiger partial charge in [0.15, 0.2) is 5.96 Å². The third-order valence-electron chi connectivity index (χ3n) is 3.19.